The molecule has 2 unspecified atom stereocenters. The number of aryl methyl sites for hydroxylation is 1. The molecular formula is C17H16N4O4. The van der Waals surface area contributed by atoms with E-state index in [1.165, 1.54) is 10.6 Å². The number of hydrogen-bond donors (Lipinski definition) is 4. The van der Waals surface area contributed by atoms with Gasteiger partial charge in [0.25, 0.3) is 5.56 Å². The van der Waals surface area contributed by atoms with Crippen molar-refractivity contribution in [1.82, 2.24) is 21.0 Å². The minimum atomic E-state index is -1.04. The van der Waals surface area contributed by atoms with Gasteiger partial charge in [0, 0.05) is 30.4 Å². The van der Waals surface area contributed by atoms with Crippen LogP contribution in [0.25, 0.3) is 0 Å². The molecular weight excluding hydrogens is 324 g/mol. The van der Waals surface area contributed by atoms with E-state index < -0.39 is 18.2 Å². The van der Waals surface area contributed by atoms with E-state index in [4.69, 9.17) is 9.84 Å². The van der Waals surface area contributed by atoms with Crippen LogP contribution in [-0.2, 0) is 11.8 Å². The molecule has 2 aromatic rings. The van der Waals surface area contributed by atoms with Gasteiger partial charge in [-0.3, -0.25) is 9.59 Å². The highest BCUT2D eigenvalue weighted by Crippen LogP contribution is 2.15. The van der Waals surface area contributed by atoms with E-state index in [9.17, 15) is 9.59 Å². The molecule has 2 atom stereocenters. The van der Waals surface area contributed by atoms with Crippen molar-refractivity contribution in [2.75, 3.05) is 0 Å². The number of carboxylic acid groups (broad SMARTS) is 1. The highest BCUT2D eigenvalue weighted by atomic mass is 16.5. The highest BCUT2D eigenvalue weighted by Gasteiger charge is 2.34. The molecule has 2 heterocycles. The maximum Gasteiger partial charge on any atom is 0.327 e. The molecule has 1 aromatic heterocycles. The lowest BCUT2D eigenvalue weighted by Crippen LogP contribution is -2.44. The molecule has 25 heavy (non-hydrogen) atoms. The van der Waals surface area contributed by atoms with Crippen molar-refractivity contribution in [3.63, 3.8) is 0 Å². The summed E-state index contributed by atoms with van der Waals surface area (Å²) in [4.78, 5) is 22.7. The summed E-state index contributed by atoms with van der Waals surface area (Å²) in [5.41, 5.74) is 8.94. The van der Waals surface area contributed by atoms with E-state index >= 15 is 0 Å². The number of nitrogens with one attached hydrogen (secondary N) is 3. The number of hydrogen-bond acceptors (Lipinski definition) is 6. The number of carboxylic acids is 1. The van der Waals surface area contributed by atoms with Crippen molar-refractivity contribution < 1.29 is 14.6 Å². The summed E-state index contributed by atoms with van der Waals surface area (Å²) in [5, 5.41) is 9.10. The van der Waals surface area contributed by atoms with E-state index in [2.05, 4.69) is 28.2 Å². The van der Waals surface area contributed by atoms with E-state index in [0.29, 0.717) is 16.9 Å². The summed E-state index contributed by atoms with van der Waals surface area (Å²) >= 11 is 0. The second-order valence-corrected chi connectivity index (χ2v) is 5.41. The van der Waals surface area contributed by atoms with Crippen LogP contribution in [-0.4, -0.2) is 27.9 Å². The van der Waals surface area contributed by atoms with Crippen molar-refractivity contribution in [2.45, 2.75) is 12.3 Å². The van der Waals surface area contributed by atoms with Crippen LogP contribution in [0.1, 0.15) is 11.1 Å². The largest absolute Gasteiger partial charge is 0.480 e. The molecule has 8 heteroatoms. The van der Waals surface area contributed by atoms with Crippen molar-refractivity contribution >= 4 is 5.97 Å². The fraction of sp³-hybridized carbons (Fsp3) is 0.176. The average Bonchev–Trinajstić information content (AvgIpc) is 3.05. The third kappa shape index (κ3) is 4.05. The third-order valence-electron chi connectivity index (χ3n) is 3.56. The SMILES string of the molecule is Cn1ccc(C#Cc2cccc(OC3NNNC3C(=O)O)c2)cc1=O. The number of hydrazine groups is 2. The van der Waals surface area contributed by atoms with Crippen LogP contribution >= 0.6 is 0 Å². The molecule has 4 N–H and O–H groups in total. The van der Waals surface area contributed by atoms with Gasteiger partial charge in [0.1, 0.15) is 5.75 Å². The van der Waals surface area contributed by atoms with Crippen molar-refractivity contribution in [1.29, 1.82) is 0 Å². The zero-order chi connectivity index (χ0) is 17.8. The number of aliphatic carboxylic acids is 1. The summed E-state index contributed by atoms with van der Waals surface area (Å²) in [6.07, 6.45) is 0.891. The molecule has 1 aliphatic rings. The molecule has 1 saturated heterocycles. The van der Waals surface area contributed by atoms with Gasteiger partial charge >= 0.3 is 5.97 Å². The van der Waals surface area contributed by atoms with Crippen LogP contribution in [0.4, 0.5) is 0 Å². The summed E-state index contributed by atoms with van der Waals surface area (Å²) in [7, 11) is 1.67. The Balaban J connectivity index is 1.76. The van der Waals surface area contributed by atoms with Gasteiger partial charge in [-0.1, -0.05) is 17.9 Å². The predicted molar refractivity (Wildman–Crippen MR) is 89.4 cm³/mol. The standard InChI is InChI=1S/C17H16N4O4/c1-21-8-7-12(10-14(21)22)6-5-11-3-2-4-13(9-11)25-16-15(17(23)24)18-20-19-16/h2-4,7-10,15-16,18-20H,1H3,(H,23,24). The van der Waals surface area contributed by atoms with Crippen LogP contribution in [0.2, 0.25) is 0 Å². The molecule has 3 rings (SSSR count). The van der Waals surface area contributed by atoms with Gasteiger partial charge in [-0.2, -0.15) is 5.53 Å². The topological polar surface area (TPSA) is 105 Å². The van der Waals surface area contributed by atoms with Crippen LogP contribution in [0.3, 0.4) is 0 Å². The molecule has 1 fully saturated rings. The number of aromatic nitrogens is 1. The second kappa shape index (κ2) is 7.19. The Morgan fingerprint density at radius 3 is 2.68 bits per heavy atom. The maximum atomic E-state index is 11.6. The van der Waals surface area contributed by atoms with Crippen molar-refractivity contribution in [3.05, 3.63) is 64.1 Å². The number of ether oxygens (including phenoxy) is 1. The van der Waals surface area contributed by atoms with Crippen LogP contribution in [0, 0.1) is 11.8 Å². The first kappa shape index (κ1) is 16.7. The van der Waals surface area contributed by atoms with Gasteiger partial charge in [-0.15, -0.1) is 0 Å². The number of pyridine rings is 1. The van der Waals surface area contributed by atoms with Gasteiger partial charge in [-0.25, -0.2) is 10.9 Å². The zero-order valence-electron chi connectivity index (χ0n) is 13.3. The molecule has 0 radical (unpaired) electrons. The lowest BCUT2D eigenvalue weighted by atomic mass is 10.2. The van der Waals surface area contributed by atoms with Gasteiger partial charge in [0.15, 0.2) is 12.3 Å². The Morgan fingerprint density at radius 2 is 1.96 bits per heavy atom. The van der Waals surface area contributed by atoms with E-state index in [-0.39, 0.29) is 5.56 Å². The van der Waals surface area contributed by atoms with Crippen molar-refractivity contribution in [3.8, 4) is 17.6 Å². The predicted octanol–water partition coefficient (Wildman–Crippen LogP) is -0.444. The van der Waals surface area contributed by atoms with Gasteiger partial charge in [0.2, 0.25) is 0 Å². The van der Waals surface area contributed by atoms with Crippen LogP contribution in [0.5, 0.6) is 5.75 Å². The molecule has 1 aliphatic heterocycles. The molecule has 0 saturated carbocycles. The molecule has 0 bridgehead atoms. The number of rotatable bonds is 3. The smallest absolute Gasteiger partial charge is 0.327 e. The Bertz CT molecular complexity index is 913. The van der Waals surface area contributed by atoms with E-state index in [1.54, 1.807) is 43.6 Å². The van der Waals surface area contributed by atoms with Gasteiger partial charge in [-0.05, 0) is 24.3 Å². The van der Waals surface area contributed by atoms with Crippen LogP contribution in [0.15, 0.2) is 47.4 Å². The maximum absolute atomic E-state index is 11.6. The fourth-order valence-corrected chi connectivity index (χ4v) is 2.20. The lowest BCUT2D eigenvalue weighted by Gasteiger charge is -2.16. The minimum Gasteiger partial charge on any atom is -0.480 e. The molecule has 8 nitrogen and oxygen atoms in total. The van der Waals surface area contributed by atoms with Gasteiger partial charge in [0.05, 0.1) is 0 Å². The Kier molecular flexibility index (Phi) is 4.81. The van der Waals surface area contributed by atoms with Crippen molar-refractivity contribution in [2.24, 2.45) is 7.05 Å². The molecule has 0 amide bonds. The highest BCUT2D eigenvalue weighted by molar-refractivity contribution is 5.74. The molecule has 0 spiro atoms. The Hall–Kier alpha value is -3.12. The van der Waals surface area contributed by atoms with Gasteiger partial charge < -0.3 is 14.4 Å². The summed E-state index contributed by atoms with van der Waals surface area (Å²) in [6.45, 7) is 0. The summed E-state index contributed by atoms with van der Waals surface area (Å²) in [6, 6.07) is 9.27. The molecule has 0 aliphatic carbocycles. The van der Waals surface area contributed by atoms with Crippen LogP contribution < -0.4 is 26.7 Å². The number of nitrogens with zero attached hydrogens (tertiary/aromatic N) is 1. The fourth-order valence-electron chi connectivity index (χ4n) is 2.20. The zero-order valence-corrected chi connectivity index (χ0v) is 13.3. The minimum absolute atomic E-state index is 0.129. The summed E-state index contributed by atoms with van der Waals surface area (Å²) < 4.78 is 7.11. The average molecular weight is 340 g/mol. The first-order valence-corrected chi connectivity index (χ1v) is 7.47. The van der Waals surface area contributed by atoms with E-state index in [1.807, 2.05) is 0 Å². The first-order chi connectivity index (χ1) is 12.0. The first-order valence-electron chi connectivity index (χ1n) is 7.47. The third-order valence-corrected chi connectivity index (χ3v) is 3.56. The quantitative estimate of drug-likeness (QED) is 0.561. The normalized spacial score (nSPS) is 19.1. The number of benzene rings is 1. The Morgan fingerprint density at radius 1 is 1.20 bits per heavy atom. The monoisotopic (exact) mass is 340 g/mol. The lowest BCUT2D eigenvalue weighted by molar-refractivity contribution is -0.141. The molecule has 128 valence electrons. The Labute approximate surface area is 143 Å². The second-order valence-electron chi connectivity index (χ2n) is 5.41. The van der Waals surface area contributed by atoms with E-state index in [0.717, 1.165) is 0 Å². The molecule has 1 aromatic carbocycles. The summed E-state index contributed by atoms with van der Waals surface area (Å²) in [5.74, 6) is 5.32. The number of carbonyl (C=O) groups is 1.